The number of nitriles is 1. The van der Waals surface area contributed by atoms with Crippen molar-refractivity contribution in [2.45, 2.75) is 10.8 Å². The highest BCUT2D eigenvalue weighted by Gasteiger charge is 2.09. The van der Waals surface area contributed by atoms with Crippen molar-refractivity contribution in [3.8, 4) is 6.07 Å². The molecule has 0 aliphatic carbocycles. The number of thioether (sulfide) groups is 1. The lowest BCUT2D eigenvalue weighted by atomic mass is 10.1. The molecule has 27 heavy (non-hydrogen) atoms. The van der Waals surface area contributed by atoms with E-state index in [9.17, 15) is 9.18 Å². The number of rotatable bonds is 7. The summed E-state index contributed by atoms with van der Waals surface area (Å²) in [5, 5.41) is 22.9. The predicted octanol–water partition coefficient (Wildman–Crippen LogP) is 4.22. The highest BCUT2D eigenvalue weighted by molar-refractivity contribution is 8.01. The lowest BCUT2D eigenvalue weighted by Crippen LogP contribution is -2.13. The molecule has 0 saturated heterocycles. The maximum atomic E-state index is 13.2. The molecule has 3 aromatic rings. The summed E-state index contributed by atoms with van der Waals surface area (Å²) in [6.45, 7) is 0. The second-order valence-electron chi connectivity index (χ2n) is 5.38. The van der Waals surface area contributed by atoms with Crippen molar-refractivity contribution in [3.63, 3.8) is 0 Å². The molecule has 0 atom stereocenters. The van der Waals surface area contributed by atoms with Crippen LogP contribution in [0.4, 0.5) is 20.9 Å². The van der Waals surface area contributed by atoms with Gasteiger partial charge in [0.25, 0.3) is 0 Å². The molecule has 0 aliphatic heterocycles. The van der Waals surface area contributed by atoms with Gasteiger partial charge in [0, 0.05) is 11.4 Å². The fourth-order valence-corrected chi connectivity index (χ4v) is 3.70. The highest BCUT2D eigenvalue weighted by atomic mass is 32.2. The molecule has 0 spiro atoms. The standard InChI is InChI=1S/C18H14FN5OS2/c19-13-2-1-3-15(10-13)22-17-23-24-18(27-17)26-11-16(25)21-14-6-4-12(5-7-14)8-9-20/h1-7,10H,8,11H2,(H,21,25)(H,22,23). The summed E-state index contributed by atoms with van der Waals surface area (Å²) in [7, 11) is 0. The molecule has 3 rings (SSSR count). The number of carbonyl (C=O) groups is 1. The first-order valence-electron chi connectivity index (χ1n) is 7.87. The first-order valence-corrected chi connectivity index (χ1v) is 9.67. The van der Waals surface area contributed by atoms with Crippen molar-refractivity contribution in [1.82, 2.24) is 10.2 Å². The van der Waals surface area contributed by atoms with Gasteiger partial charge in [0.2, 0.25) is 11.0 Å². The number of benzene rings is 2. The molecule has 0 bridgehead atoms. The summed E-state index contributed by atoms with van der Waals surface area (Å²) in [5.74, 6) is -0.312. The summed E-state index contributed by atoms with van der Waals surface area (Å²) in [4.78, 5) is 12.0. The monoisotopic (exact) mass is 399 g/mol. The Balaban J connectivity index is 1.49. The molecule has 2 N–H and O–H groups in total. The zero-order chi connectivity index (χ0) is 19.1. The second-order valence-corrected chi connectivity index (χ2v) is 7.58. The first-order chi connectivity index (χ1) is 13.1. The summed E-state index contributed by atoms with van der Waals surface area (Å²) in [6.07, 6.45) is 0.340. The molecule has 0 saturated carbocycles. The summed E-state index contributed by atoms with van der Waals surface area (Å²) in [5.41, 5.74) is 2.16. The number of hydrogen-bond donors (Lipinski definition) is 2. The molecular weight excluding hydrogens is 385 g/mol. The molecule has 1 aromatic heterocycles. The summed E-state index contributed by atoms with van der Waals surface area (Å²) in [6, 6.07) is 15.3. The third-order valence-corrected chi connectivity index (χ3v) is 5.30. The van der Waals surface area contributed by atoms with Crippen LogP contribution in [0.1, 0.15) is 5.56 Å². The van der Waals surface area contributed by atoms with Crippen LogP contribution in [0, 0.1) is 17.1 Å². The lowest BCUT2D eigenvalue weighted by molar-refractivity contribution is -0.113. The second kappa shape index (κ2) is 9.12. The molecule has 136 valence electrons. The molecule has 2 aromatic carbocycles. The van der Waals surface area contributed by atoms with Crippen LogP contribution in [0.2, 0.25) is 0 Å². The SMILES string of the molecule is N#CCc1ccc(NC(=O)CSc2nnc(Nc3cccc(F)c3)s2)cc1. The average molecular weight is 399 g/mol. The van der Waals surface area contributed by atoms with Gasteiger partial charge in [-0.15, -0.1) is 10.2 Å². The van der Waals surface area contributed by atoms with Crippen molar-refractivity contribution in [2.24, 2.45) is 0 Å². The van der Waals surface area contributed by atoms with E-state index in [1.165, 1.54) is 35.2 Å². The van der Waals surface area contributed by atoms with E-state index in [1.807, 2.05) is 0 Å². The van der Waals surface area contributed by atoms with Gasteiger partial charge in [-0.1, -0.05) is 41.3 Å². The van der Waals surface area contributed by atoms with Gasteiger partial charge in [0.05, 0.1) is 18.2 Å². The average Bonchev–Trinajstić information content (AvgIpc) is 3.09. The Kier molecular flexibility index (Phi) is 6.35. The van der Waals surface area contributed by atoms with Gasteiger partial charge in [-0.25, -0.2) is 4.39 Å². The van der Waals surface area contributed by atoms with Crippen LogP contribution >= 0.6 is 23.1 Å². The van der Waals surface area contributed by atoms with Crippen molar-refractivity contribution in [1.29, 1.82) is 5.26 Å². The minimum absolute atomic E-state index is 0.164. The Hall–Kier alpha value is -2.96. The molecule has 0 fully saturated rings. The molecule has 6 nitrogen and oxygen atoms in total. The van der Waals surface area contributed by atoms with E-state index in [0.29, 0.717) is 27.3 Å². The number of nitrogens with zero attached hydrogens (tertiary/aromatic N) is 3. The van der Waals surface area contributed by atoms with Gasteiger partial charge in [0.15, 0.2) is 4.34 Å². The van der Waals surface area contributed by atoms with Gasteiger partial charge in [-0.05, 0) is 35.9 Å². The first kappa shape index (κ1) is 18.8. The minimum atomic E-state index is -0.337. The Labute approximate surface area is 163 Å². The number of anilines is 3. The highest BCUT2D eigenvalue weighted by Crippen LogP contribution is 2.27. The van der Waals surface area contributed by atoms with E-state index in [4.69, 9.17) is 5.26 Å². The van der Waals surface area contributed by atoms with E-state index in [1.54, 1.807) is 36.4 Å². The Morgan fingerprint density at radius 2 is 2.00 bits per heavy atom. The van der Waals surface area contributed by atoms with E-state index < -0.39 is 0 Å². The van der Waals surface area contributed by atoms with Crippen molar-refractivity contribution in [3.05, 3.63) is 59.9 Å². The van der Waals surface area contributed by atoms with E-state index in [2.05, 4.69) is 26.9 Å². The molecule has 1 heterocycles. The minimum Gasteiger partial charge on any atom is -0.330 e. The number of aromatic nitrogens is 2. The zero-order valence-electron chi connectivity index (χ0n) is 14.0. The van der Waals surface area contributed by atoms with Crippen LogP contribution in [0.5, 0.6) is 0 Å². The number of halogens is 1. The zero-order valence-corrected chi connectivity index (χ0v) is 15.6. The van der Waals surface area contributed by atoms with Gasteiger partial charge in [-0.3, -0.25) is 4.79 Å². The van der Waals surface area contributed by atoms with Crippen molar-refractivity contribution in [2.75, 3.05) is 16.4 Å². The van der Waals surface area contributed by atoms with Gasteiger partial charge in [-0.2, -0.15) is 5.26 Å². The fourth-order valence-electron chi connectivity index (χ4n) is 2.13. The molecule has 0 unspecified atom stereocenters. The number of carbonyl (C=O) groups excluding carboxylic acids is 1. The maximum absolute atomic E-state index is 13.2. The Bertz CT molecular complexity index is 968. The topological polar surface area (TPSA) is 90.7 Å². The Morgan fingerprint density at radius 3 is 2.74 bits per heavy atom. The lowest BCUT2D eigenvalue weighted by Gasteiger charge is -2.04. The van der Waals surface area contributed by atoms with Crippen LogP contribution in [0.25, 0.3) is 0 Å². The summed E-state index contributed by atoms with van der Waals surface area (Å²) >= 11 is 2.56. The van der Waals surface area contributed by atoms with E-state index >= 15 is 0 Å². The predicted molar refractivity (Wildman–Crippen MR) is 105 cm³/mol. The third kappa shape index (κ3) is 5.77. The van der Waals surface area contributed by atoms with Crippen LogP contribution in [0.15, 0.2) is 52.9 Å². The Morgan fingerprint density at radius 1 is 1.19 bits per heavy atom. The number of amides is 1. The number of hydrogen-bond acceptors (Lipinski definition) is 7. The molecule has 1 amide bonds. The van der Waals surface area contributed by atoms with E-state index in [-0.39, 0.29) is 17.5 Å². The molecule has 0 radical (unpaired) electrons. The van der Waals surface area contributed by atoms with Crippen molar-refractivity contribution < 1.29 is 9.18 Å². The molecule has 9 heteroatoms. The fraction of sp³-hybridized carbons (Fsp3) is 0.111. The largest absolute Gasteiger partial charge is 0.330 e. The van der Waals surface area contributed by atoms with Crippen molar-refractivity contribution >= 4 is 45.5 Å². The van der Waals surface area contributed by atoms with Gasteiger partial charge < -0.3 is 10.6 Å². The van der Waals surface area contributed by atoms with Crippen LogP contribution in [-0.4, -0.2) is 21.9 Å². The maximum Gasteiger partial charge on any atom is 0.234 e. The third-order valence-electron chi connectivity index (χ3n) is 3.33. The normalized spacial score (nSPS) is 10.2. The van der Waals surface area contributed by atoms with Crippen LogP contribution in [-0.2, 0) is 11.2 Å². The summed E-state index contributed by atoms with van der Waals surface area (Å²) < 4.78 is 13.8. The van der Waals surface area contributed by atoms with E-state index in [0.717, 1.165) is 5.56 Å². The van der Waals surface area contributed by atoms with Crippen LogP contribution in [0.3, 0.4) is 0 Å². The molecule has 0 aliphatic rings. The quantitative estimate of drug-likeness (QED) is 0.578. The van der Waals surface area contributed by atoms with Gasteiger partial charge >= 0.3 is 0 Å². The smallest absolute Gasteiger partial charge is 0.234 e. The number of nitrogens with one attached hydrogen (secondary N) is 2. The molecular formula is C18H14FN5OS2. The van der Waals surface area contributed by atoms with Gasteiger partial charge in [0.1, 0.15) is 5.82 Å². The van der Waals surface area contributed by atoms with Crippen LogP contribution < -0.4 is 10.6 Å².